The standard InChI is InChI=1S/C29H29Cl2F3N4O5/c1-42-21-8-4-6-17(25(21)31)26-18-13-16(30)10-11-20(18)38-27(36-37-28(38)29(32,33)34)22(43-26)14-23(39)35-19-7-3-2-5-15(19)9-12-24(40)41/h4,6,8,10-11,13,15,19,22,26H,2-3,5,7,9,12,14H2,1H3,(H,35,39)(H,40,41)/t15?,19?,22-,26-/m0/s1. The Labute approximate surface area is 255 Å². The van der Waals surface area contributed by atoms with Gasteiger partial charge in [0.1, 0.15) is 18.0 Å². The minimum atomic E-state index is -4.87. The van der Waals surface area contributed by atoms with E-state index in [4.69, 9.17) is 37.8 Å². The molecule has 230 valence electrons. The van der Waals surface area contributed by atoms with E-state index in [0.717, 1.165) is 23.8 Å². The van der Waals surface area contributed by atoms with Crippen LogP contribution < -0.4 is 10.1 Å². The molecule has 43 heavy (non-hydrogen) atoms. The van der Waals surface area contributed by atoms with Crippen molar-refractivity contribution in [3.8, 4) is 11.4 Å². The fourth-order valence-corrected chi connectivity index (χ4v) is 6.40. The zero-order valence-electron chi connectivity index (χ0n) is 23.0. The Bertz CT molecular complexity index is 1520. The van der Waals surface area contributed by atoms with Crippen LogP contribution in [-0.2, 0) is 20.5 Å². The summed E-state index contributed by atoms with van der Waals surface area (Å²) < 4.78 is 55.3. The molecule has 0 spiro atoms. The van der Waals surface area contributed by atoms with E-state index in [1.807, 2.05) is 0 Å². The van der Waals surface area contributed by atoms with Gasteiger partial charge in [0.05, 0.1) is 24.2 Å². The summed E-state index contributed by atoms with van der Waals surface area (Å²) in [6.45, 7) is 0. The van der Waals surface area contributed by atoms with Gasteiger partial charge in [0, 0.05) is 28.6 Å². The lowest BCUT2D eigenvalue weighted by Crippen LogP contribution is -2.42. The number of halogens is 5. The molecule has 1 aromatic heterocycles. The highest BCUT2D eigenvalue weighted by Crippen LogP contribution is 2.46. The second-order valence-corrected chi connectivity index (χ2v) is 11.5. The molecule has 0 bridgehead atoms. The number of benzene rings is 2. The maximum atomic E-state index is 14.2. The summed E-state index contributed by atoms with van der Waals surface area (Å²) in [6.07, 6.45) is -3.96. The first-order valence-electron chi connectivity index (χ1n) is 13.8. The van der Waals surface area contributed by atoms with E-state index < -0.39 is 36.1 Å². The third-order valence-corrected chi connectivity index (χ3v) is 8.53. The fraction of sp³-hybridized carbons (Fsp3) is 0.448. The summed E-state index contributed by atoms with van der Waals surface area (Å²) in [6, 6.07) is 9.04. The molecule has 1 aliphatic heterocycles. The Balaban J connectivity index is 1.55. The molecule has 2 aliphatic rings. The number of fused-ring (bicyclic) bond motifs is 3. The lowest BCUT2D eigenvalue weighted by molar-refractivity contribution is -0.146. The molecule has 14 heteroatoms. The number of ether oxygens (including phenoxy) is 2. The van der Waals surface area contributed by atoms with Crippen LogP contribution in [0.5, 0.6) is 5.75 Å². The number of aromatic nitrogens is 3. The molecule has 5 rings (SSSR count). The van der Waals surface area contributed by atoms with Gasteiger partial charge >= 0.3 is 12.1 Å². The summed E-state index contributed by atoms with van der Waals surface area (Å²) in [5.41, 5.74) is 0.728. The minimum absolute atomic E-state index is 0.0180. The topological polar surface area (TPSA) is 116 Å². The van der Waals surface area contributed by atoms with Crippen LogP contribution in [0.4, 0.5) is 13.2 Å². The monoisotopic (exact) mass is 640 g/mol. The molecule has 1 aliphatic carbocycles. The van der Waals surface area contributed by atoms with Crippen LogP contribution in [0.15, 0.2) is 36.4 Å². The van der Waals surface area contributed by atoms with Crippen LogP contribution in [0, 0.1) is 5.92 Å². The highest BCUT2D eigenvalue weighted by atomic mass is 35.5. The molecule has 3 aromatic rings. The minimum Gasteiger partial charge on any atom is -0.495 e. The number of carboxylic acid groups (broad SMARTS) is 1. The van der Waals surface area contributed by atoms with E-state index >= 15 is 0 Å². The highest BCUT2D eigenvalue weighted by Gasteiger charge is 2.44. The van der Waals surface area contributed by atoms with Gasteiger partial charge in [-0.05, 0) is 49.4 Å². The summed E-state index contributed by atoms with van der Waals surface area (Å²) in [7, 11) is 1.43. The van der Waals surface area contributed by atoms with Crippen molar-refractivity contribution in [2.75, 3.05) is 7.11 Å². The highest BCUT2D eigenvalue weighted by molar-refractivity contribution is 6.33. The number of hydrogen-bond donors (Lipinski definition) is 2. The summed E-state index contributed by atoms with van der Waals surface area (Å²) >= 11 is 13.0. The van der Waals surface area contributed by atoms with E-state index in [-0.39, 0.29) is 51.9 Å². The van der Waals surface area contributed by atoms with E-state index in [2.05, 4.69) is 15.5 Å². The van der Waals surface area contributed by atoms with Crippen molar-refractivity contribution in [1.29, 1.82) is 0 Å². The second kappa shape index (κ2) is 12.7. The summed E-state index contributed by atoms with van der Waals surface area (Å²) in [5.74, 6) is -2.58. The van der Waals surface area contributed by atoms with Crippen molar-refractivity contribution in [3.05, 3.63) is 69.2 Å². The van der Waals surface area contributed by atoms with E-state index in [9.17, 15) is 22.8 Å². The second-order valence-electron chi connectivity index (χ2n) is 10.6. The molecule has 4 atom stereocenters. The van der Waals surface area contributed by atoms with Crippen LogP contribution in [0.3, 0.4) is 0 Å². The molecular formula is C29H29Cl2F3N4O5. The lowest BCUT2D eigenvalue weighted by Gasteiger charge is -2.32. The van der Waals surface area contributed by atoms with Gasteiger partial charge in [0.2, 0.25) is 11.7 Å². The molecule has 9 nitrogen and oxygen atoms in total. The Morgan fingerprint density at radius 2 is 1.91 bits per heavy atom. The lowest BCUT2D eigenvalue weighted by atomic mass is 9.81. The predicted molar refractivity (Wildman–Crippen MR) is 150 cm³/mol. The van der Waals surface area contributed by atoms with Crippen molar-refractivity contribution < 1.29 is 37.3 Å². The number of alkyl halides is 3. The molecule has 1 fully saturated rings. The molecule has 2 heterocycles. The molecule has 0 radical (unpaired) electrons. The van der Waals surface area contributed by atoms with Crippen LogP contribution in [0.1, 0.15) is 79.9 Å². The van der Waals surface area contributed by atoms with Crippen LogP contribution >= 0.6 is 23.2 Å². The molecule has 2 unspecified atom stereocenters. The predicted octanol–water partition coefficient (Wildman–Crippen LogP) is 6.69. The number of carbonyl (C=O) groups excluding carboxylic acids is 1. The van der Waals surface area contributed by atoms with Gasteiger partial charge in [0.15, 0.2) is 5.82 Å². The number of carbonyl (C=O) groups is 2. The maximum Gasteiger partial charge on any atom is 0.452 e. The Kier molecular flexibility index (Phi) is 9.19. The fourth-order valence-electron chi connectivity index (χ4n) is 5.92. The van der Waals surface area contributed by atoms with Crippen LogP contribution in [-0.4, -0.2) is 44.9 Å². The van der Waals surface area contributed by atoms with Crippen molar-refractivity contribution in [1.82, 2.24) is 20.1 Å². The summed E-state index contributed by atoms with van der Waals surface area (Å²) in [4.78, 5) is 24.6. The third-order valence-electron chi connectivity index (χ3n) is 7.89. The zero-order valence-corrected chi connectivity index (χ0v) is 24.5. The van der Waals surface area contributed by atoms with Gasteiger partial charge in [0.25, 0.3) is 0 Å². The van der Waals surface area contributed by atoms with Crippen LogP contribution in [0.25, 0.3) is 5.69 Å². The first-order valence-corrected chi connectivity index (χ1v) is 14.5. The van der Waals surface area contributed by atoms with Crippen molar-refractivity contribution in [2.24, 2.45) is 5.92 Å². The zero-order chi connectivity index (χ0) is 30.9. The first-order chi connectivity index (χ1) is 20.5. The number of amides is 1. The average molecular weight is 641 g/mol. The Morgan fingerprint density at radius 1 is 1.14 bits per heavy atom. The SMILES string of the molecule is COc1cccc([C@@H]2O[C@@H](CC(=O)NC3CCCCC3CCC(=O)O)c3nnc(C(F)(F)F)n3-c3ccc(Cl)cc32)c1Cl. The van der Waals surface area contributed by atoms with Crippen molar-refractivity contribution in [3.63, 3.8) is 0 Å². The number of nitrogens with one attached hydrogen (secondary N) is 1. The van der Waals surface area contributed by atoms with E-state index in [1.54, 1.807) is 18.2 Å². The van der Waals surface area contributed by atoms with Crippen molar-refractivity contribution in [2.45, 2.75) is 69.4 Å². The molecule has 1 amide bonds. The molecular weight excluding hydrogens is 612 g/mol. The molecule has 2 aromatic carbocycles. The molecule has 2 N–H and O–H groups in total. The van der Waals surface area contributed by atoms with Crippen LogP contribution in [0.2, 0.25) is 10.0 Å². The quantitative estimate of drug-likeness (QED) is 0.282. The van der Waals surface area contributed by atoms with Gasteiger partial charge in [-0.2, -0.15) is 13.2 Å². The number of aliphatic carboxylic acids is 1. The first kappa shape index (κ1) is 31.1. The maximum absolute atomic E-state index is 14.2. The average Bonchev–Trinajstić information content (AvgIpc) is 3.36. The van der Waals surface area contributed by atoms with Gasteiger partial charge in [-0.15, -0.1) is 10.2 Å². The molecule has 1 saturated carbocycles. The number of rotatable bonds is 8. The van der Waals surface area contributed by atoms with Crippen molar-refractivity contribution >= 4 is 35.1 Å². The summed E-state index contributed by atoms with van der Waals surface area (Å²) in [5, 5.41) is 19.9. The normalized spacial score (nSPS) is 21.8. The van der Waals surface area contributed by atoms with E-state index in [0.29, 0.717) is 24.2 Å². The van der Waals surface area contributed by atoms with Gasteiger partial charge < -0.3 is 19.9 Å². The number of methoxy groups -OCH3 is 1. The van der Waals surface area contributed by atoms with Gasteiger partial charge in [-0.25, -0.2) is 0 Å². The third kappa shape index (κ3) is 6.61. The number of carboxylic acids is 1. The largest absolute Gasteiger partial charge is 0.495 e. The Morgan fingerprint density at radius 3 is 2.63 bits per heavy atom. The van der Waals surface area contributed by atoms with E-state index in [1.165, 1.54) is 25.3 Å². The number of hydrogen-bond acceptors (Lipinski definition) is 6. The number of nitrogens with zero attached hydrogens (tertiary/aromatic N) is 3. The van der Waals surface area contributed by atoms with Gasteiger partial charge in [-0.3, -0.25) is 14.2 Å². The van der Waals surface area contributed by atoms with Gasteiger partial charge in [-0.1, -0.05) is 48.2 Å². The smallest absolute Gasteiger partial charge is 0.452 e. The molecule has 0 saturated heterocycles. The Hall–Kier alpha value is -3.35.